The van der Waals surface area contributed by atoms with Gasteiger partial charge in [-0.15, -0.1) is 0 Å². The van der Waals surface area contributed by atoms with Crippen LogP contribution in [0.1, 0.15) is 41.5 Å². The standard InChI is InChI=1S/C30H34O9S/c1-29(2,3)38-26(31)18-36-22-14-10-20(11-15-22)24-8-7-9-25(28(24)40(33,34)35)21-12-16-23(17-13-21)37-19-27(32)39-30(4,5)6/h7-17H,18-19H2,1-6H3,(H,33,34,35)/p-1. The topological polar surface area (TPSA) is 128 Å². The van der Waals surface area contributed by atoms with Crippen LogP contribution in [0.5, 0.6) is 11.5 Å². The molecule has 3 aromatic carbocycles. The van der Waals surface area contributed by atoms with Crippen LogP contribution in [-0.4, -0.2) is 49.3 Å². The number of benzene rings is 3. The van der Waals surface area contributed by atoms with Gasteiger partial charge in [-0.05, 0) is 88.1 Å². The molecule has 0 N–H and O–H groups in total. The van der Waals surface area contributed by atoms with Crippen LogP contribution in [-0.2, 0) is 29.2 Å². The van der Waals surface area contributed by atoms with Crippen LogP contribution in [0.4, 0.5) is 0 Å². The minimum Gasteiger partial charge on any atom is -0.744 e. The van der Waals surface area contributed by atoms with Crippen LogP contribution in [0.25, 0.3) is 22.3 Å². The van der Waals surface area contributed by atoms with Crippen molar-refractivity contribution in [1.82, 2.24) is 0 Å². The molecule has 3 rings (SSSR count). The highest BCUT2D eigenvalue weighted by Gasteiger charge is 2.20. The third kappa shape index (κ3) is 9.10. The lowest BCUT2D eigenvalue weighted by molar-refractivity contribution is -0.158. The molecule has 0 saturated carbocycles. The molecule has 10 heteroatoms. The smallest absolute Gasteiger partial charge is 0.344 e. The van der Waals surface area contributed by atoms with E-state index in [1.54, 1.807) is 108 Å². The maximum atomic E-state index is 12.4. The summed E-state index contributed by atoms with van der Waals surface area (Å²) in [5.74, 6) is -0.297. The maximum absolute atomic E-state index is 12.4. The second kappa shape index (κ2) is 12.1. The summed E-state index contributed by atoms with van der Waals surface area (Å²) >= 11 is 0. The van der Waals surface area contributed by atoms with Crippen LogP contribution >= 0.6 is 0 Å². The van der Waals surface area contributed by atoms with E-state index in [0.29, 0.717) is 22.6 Å². The highest BCUT2D eigenvalue weighted by molar-refractivity contribution is 7.86. The van der Waals surface area contributed by atoms with E-state index in [9.17, 15) is 22.6 Å². The second-order valence-corrected chi connectivity index (χ2v) is 12.3. The van der Waals surface area contributed by atoms with Gasteiger partial charge in [-0.3, -0.25) is 0 Å². The molecular formula is C30H33O9S-. The maximum Gasteiger partial charge on any atom is 0.344 e. The molecule has 0 unspecified atom stereocenters. The third-order valence-electron chi connectivity index (χ3n) is 5.15. The number of carbonyl (C=O) groups is 2. The third-order valence-corrected chi connectivity index (χ3v) is 6.09. The van der Waals surface area contributed by atoms with Crippen LogP contribution in [0, 0.1) is 0 Å². The van der Waals surface area contributed by atoms with Gasteiger partial charge in [0.2, 0.25) is 0 Å². The van der Waals surface area contributed by atoms with Crippen LogP contribution in [0.3, 0.4) is 0 Å². The highest BCUT2D eigenvalue weighted by Crippen LogP contribution is 2.37. The van der Waals surface area contributed by atoms with E-state index in [4.69, 9.17) is 18.9 Å². The molecular weight excluding hydrogens is 536 g/mol. The fraction of sp³-hybridized carbons (Fsp3) is 0.333. The Morgan fingerprint density at radius 3 is 1.30 bits per heavy atom. The molecule has 0 saturated heterocycles. The Hall–Kier alpha value is -3.89. The van der Waals surface area contributed by atoms with Crippen molar-refractivity contribution in [3.63, 3.8) is 0 Å². The van der Waals surface area contributed by atoms with Crippen LogP contribution in [0.15, 0.2) is 71.6 Å². The van der Waals surface area contributed by atoms with Gasteiger partial charge in [-0.2, -0.15) is 0 Å². The number of esters is 2. The van der Waals surface area contributed by atoms with E-state index in [2.05, 4.69) is 0 Å². The van der Waals surface area contributed by atoms with E-state index in [1.807, 2.05) is 0 Å². The van der Waals surface area contributed by atoms with E-state index in [-0.39, 0.29) is 29.2 Å². The predicted octanol–water partition coefficient (Wildman–Crippen LogP) is 5.37. The van der Waals surface area contributed by atoms with Crippen LogP contribution < -0.4 is 9.47 Å². The molecule has 0 fully saturated rings. The second-order valence-electron chi connectivity index (χ2n) is 10.9. The van der Waals surface area contributed by atoms with Crippen molar-refractivity contribution in [3.05, 3.63) is 66.7 Å². The SMILES string of the molecule is CC(C)(C)OC(=O)COc1ccc(-c2cccc(-c3ccc(OCC(=O)OC(C)(C)C)cc3)c2S(=O)(=O)[O-])cc1. The van der Waals surface area contributed by atoms with Crippen molar-refractivity contribution < 1.29 is 41.5 Å². The predicted molar refractivity (Wildman–Crippen MR) is 148 cm³/mol. The first-order valence-corrected chi connectivity index (χ1v) is 13.9. The van der Waals surface area contributed by atoms with Crippen molar-refractivity contribution in [1.29, 1.82) is 0 Å². The van der Waals surface area contributed by atoms with Gasteiger partial charge in [-0.1, -0.05) is 42.5 Å². The molecule has 0 aliphatic heterocycles. The molecule has 0 bridgehead atoms. The minimum atomic E-state index is -4.89. The van der Waals surface area contributed by atoms with Gasteiger partial charge in [0.05, 0.1) is 4.90 Å². The first-order chi connectivity index (χ1) is 18.5. The summed E-state index contributed by atoms with van der Waals surface area (Å²) in [7, 11) is -4.89. The van der Waals surface area contributed by atoms with Gasteiger partial charge >= 0.3 is 11.9 Å². The molecule has 40 heavy (non-hydrogen) atoms. The molecule has 9 nitrogen and oxygen atoms in total. The van der Waals surface area contributed by atoms with E-state index < -0.39 is 33.3 Å². The lowest BCUT2D eigenvalue weighted by Gasteiger charge is -2.20. The Bertz CT molecular complexity index is 1350. The Balaban J connectivity index is 1.82. The summed E-state index contributed by atoms with van der Waals surface area (Å²) in [6.45, 7) is 9.95. The summed E-state index contributed by atoms with van der Waals surface area (Å²) in [6, 6.07) is 17.4. The summed E-state index contributed by atoms with van der Waals surface area (Å²) < 4.78 is 58.7. The lowest BCUT2D eigenvalue weighted by Crippen LogP contribution is -2.27. The van der Waals surface area contributed by atoms with Crippen LogP contribution in [0.2, 0.25) is 0 Å². The van der Waals surface area contributed by atoms with Crippen molar-refractivity contribution in [3.8, 4) is 33.8 Å². The minimum absolute atomic E-state index is 0.219. The number of hydrogen-bond acceptors (Lipinski definition) is 9. The zero-order chi connectivity index (χ0) is 29.7. The summed E-state index contributed by atoms with van der Waals surface area (Å²) in [5, 5.41) is 0. The van der Waals surface area contributed by atoms with Crippen molar-refractivity contribution >= 4 is 22.1 Å². The van der Waals surface area contributed by atoms with E-state index >= 15 is 0 Å². The van der Waals surface area contributed by atoms with E-state index in [1.165, 1.54) is 0 Å². The van der Waals surface area contributed by atoms with Gasteiger partial charge < -0.3 is 23.5 Å². The molecule has 0 spiro atoms. The molecule has 214 valence electrons. The molecule has 0 radical (unpaired) electrons. The molecule has 0 heterocycles. The fourth-order valence-corrected chi connectivity index (χ4v) is 4.66. The summed E-state index contributed by atoms with van der Waals surface area (Å²) in [4.78, 5) is 23.4. The number of rotatable bonds is 9. The Morgan fingerprint density at radius 1 is 0.650 bits per heavy atom. The Morgan fingerprint density at radius 2 is 1.00 bits per heavy atom. The Kier molecular flexibility index (Phi) is 9.27. The largest absolute Gasteiger partial charge is 0.744 e. The van der Waals surface area contributed by atoms with Gasteiger partial charge in [0.25, 0.3) is 0 Å². The van der Waals surface area contributed by atoms with E-state index in [0.717, 1.165) is 0 Å². The number of carbonyl (C=O) groups excluding carboxylic acids is 2. The normalized spacial score (nSPS) is 12.0. The molecule has 3 aromatic rings. The average Bonchev–Trinajstić information content (AvgIpc) is 2.84. The molecule has 0 aromatic heterocycles. The molecule has 0 amide bonds. The molecule has 0 aliphatic rings. The first kappa shape index (κ1) is 30.6. The van der Waals surface area contributed by atoms with Gasteiger partial charge in [0, 0.05) is 0 Å². The number of hydrogen-bond donors (Lipinski definition) is 0. The van der Waals surface area contributed by atoms with Gasteiger partial charge in [0.15, 0.2) is 13.2 Å². The van der Waals surface area contributed by atoms with Crippen molar-refractivity contribution in [2.75, 3.05) is 13.2 Å². The zero-order valence-electron chi connectivity index (χ0n) is 23.3. The van der Waals surface area contributed by atoms with Crippen molar-refractivity contribution in [2.45, 2.75) is 57.6 Å². The molecule has 0 atom stereocenters. The number of ether oxygens (including phenoxy) is 4. The first-order valence-electron chi connectivity index (χ1n) is 12.5. The van der Waals surface area contributed by atoms with Gasteiger partial charge in [0.1, 0.15) is 32.8 Å². The fourth-order valence-electron chi connectivity index (χ4n) is 3.75. The summed E-state index contributed by atoms with van der Waals surface area (Å²) in [5.41, 5.74) is 0.107. The highest BCUT2D eigenvalue weighted by atomic mass is 32.2. The quantitative estimate of drug-likeness (QED) is 0.247. The Labute approximate surface area is 234 Å². The average molecular weight is 570 g/mol. The zero-order valence-corrected chi connectivity index (χ0v) is 24.2. The van der Waals surface area contributed by atoms with Gasteiger partial charge in [-0.25, -0.2) is 18.0 Å². The molecule has 0 aliphatic carbocycles. The monoisotopic (exact) mass is 569 g/mol. The summed E-state index contributed by atoms with van der Waals surface area (Å²) in [6.07, 6.45) is 0. The lowest BCUT2D eigenvalue weighted by atomic mass is 9.98. The van der Waals surface area contributed by atoms with Crippen molar-refractivity contribution in [2.24, 2.45) is 0 Å².